The van der Waals surface area contributed by atoms with E-state index in [-0.39, 0.29) is 41.9 Å². The summed E-state index contributed by atoms with van der Waals surface area (Å²) in [7, 11) is 0. The Balaban J connectivity index is -0.00000000267. The third-order valence-corrected chi connectivity index (χ3v) is 0. The topological polar surface area (TPSA) is 51.2 Å². The van der Waals surface area contributed by atoms with E-state index >= 15 is 0 Å². The predicted molar refractivity (Wildman–Crippen MR) is 21.9 cm³/mol. The molecule has 0 rings (SSSR count). The van der Waals surface area contributed by atoms with E-state index in [2.05, 4.69) is 15.9 Å². The van der Waals surface area contributed by atoms with E-state index in [1.54, 1.807) is 0 Å². The Hall–Kier alpha value is 1.02. The van der Waals surface area contributed by atoms with E-state index in [1.165, 1.54) is 0 Å². The third kappa shape index (κ3) is 170. The SMILES string of the molecule is Cl.Cl.O=O.[Cu].[O]=[Cu]. The number of halogens is 2. The van der Waals surface area contributed by atoms with Crippen molar-refractivity contribution in [2.75, 3.05) is 0 Å². The van der Waals surface area contributed by atoms with Gasteiger partial charge in [-0.25, -0.2) is 0 Å². The maximum atomic E-state index is 7.81. The molecule has 0 unspecified atom stereocenters. The first-order valence-electron chi connectivity index (χ1n) is 0.290. The summed E-state index contributed by atoms with van der Waals surface area (Å²) in [5.74, 6) is 0. The molecule has 0 aliphatic rings. The van der Waals surface area contributed by atoms with Crippen molar-refractivity contribution >= 4 is 24.8 Å². The molecule has 0 aromatic carbocycles. The van der Waals surface area contributed by atoms with Crippen molar-refractivity contribution in [1.82, 2.24) is 0 Å². The normalized spacial score (nSPS) is 1.43. The van der Waals surface area contributed by atoms with Crippen LogP contribution in [0.2, 0.25) is 0 Å². The van der Waals surface area contributed by atoms with Crippen molar-refractivity contribution in [3.8, 4) is 0 Å². The molecular weight excluding hydrogens is 246 g/mol. The minimum atomic E-state index is 0. The Morgan fingerprint density at radius 1 is 0.857 bits per heavy atom. The molecule has 0 bridgehead atoms. The van der Waals surface area contributed by atoms with Crippen LogP contribution < -0.4 is 0 Å². The average molecular weight is 248 g/mol. The summed E-state index contributed by atoms with van der Waals surface area (Å²) in [6, 6.07) is 0. The molecule has 0 spiro atoms. The van der Waals surface area contributed by atoms with Crippen LogP contribution in [0.4, 0.5) is 0 Å². The standard InChI is InChI=1S/2ClH.2Cu.O2.O/c;;;;1-2;/h2*1H;;;;. The van der Waals surface area contributed by atoms with Gasteiger partial charge in [0.1, 0.15) is 0 Å². The average Bonchev–Trinajstić information content (AvgIpc) is 1.50. The van der Waals surface area contributed by atoms with Crippen LogP contribution >= 0.6 is 24.8 Å². The predicted octanol–water partition coefficient (Wildman–Crippen LogP) is 0.787. The van der Waals surface area contributed by atoms with Crippen molar-refractivity contribution in [3.63, 3.8) is 0 Å². The van der Waals surface area contributed by atoms with Crippen molar-refractivity contribution in [2.45, 2.75) is 0 Å². The van der Waals surface area contributed by atoms with E-state index in [9.17, 15) is 0 Å². The summed E-state index contributed by atoms with van der Waals surface area (Å²) >= 11 is 2.94. The zero-order valence-electron chi connectivity index (χ0n) is 2.64. The minimum absolute atomic E-state index is 0. The van der Waals surface area contributed by atoms with Crippen molar-refractivity contribution in [2.24, 2.45) is 0 Å². The quantitative estimate of drug-likeness (QED) is 0.595. The van der Waals surface area contributed by atoms with Gasteiger partial charge in [-0.05, 0) is 0 Å². The van der Waals surface area contributed by atoms with E-state index in [1.807, 2.05) is 0 Å². The summed E-state index contributed by atoms with van der Waals surface area (Å²) in [5.41, 5.74) is 0. The van der Waals surface area contributed by atoms with Gasteiger partial charge in [0.15, 0.2) is 0 Å². The Morgan fingerprint density at radius 2 is 0.857 bits per heavy atom. The molecule has 1 radical (unpaired) electrons. The van der Waals surface area contributed by atoms with Gasteiger partial charge in [0, 0.05) is 27.0 Å². The van der Waals surface area contributed by atoms with Gasteiger partial charge in [0.2, 0.25) is 0 Å². The van der Waals surface area contributed by atoms with Gasteiger partial charge < -0.3 is 0 Å². The Labute approximate surface area is 71.5 Å². The molecule has 0 heterocycles. The van der Waals surface area contributed by atoms with Crippen LogP contribution in [-0.2, 0) is 36.8 Å². The van der Waals surface area contributed by atoms with Gasteiger partial charge in [-0.15, -0.1) is 24.8 Å². The maximum absolute atomic E-state index is 7.81. The first-order chi connectivity index (χ1) is 2.00. The molecule has 56 valence electrons. The summed E-state index contributed by atoms with van der Waals surface area (Å²) in [6.07, 6.45) is 0. The molecule has 0 aromatic rings. The molecule has 0 N–H and O–H groups in total. The van der Waals surface area contributed by atoms with E-state index < -0.39 is 0 Å². The fraction of sp³-hybridized carbons (Fsp3) is 0. The van der Waals surface area contributed by atoms with Crippen LogP contribution in [0.5, 0.6) is 0 Å². The molecule has 0 aliphatic carbocycles. The Bertz CT molecular complexity index is 12.9. The molecule has 0 amide bonds. The second-order valence-electron chi connectivity index (χ2n) is 0. The number of rotatable bonds is 0. The molecular formula is H2Cl2Cu2O3. The molecule has 3 nitrogen and oxygen atoms in total. The first kappa shape index (κ1) is 43.3. The first-order valence-corrected chi connectivity index (χ1v) is 0.674. The molecule has 0 saturated carbocycles. The van der Waals surface area contributed by atoms with Gasteiger partial charge in [-0.1, -0.05) is 0 Å². The number of hydrogen-bond donors (Lipinski definition) is 0. The molecule has 0 fully saturated rings. The summed E-state index contributed by atoms with van der Waals surface area (Å²) in [4.78, 5) is 14.0. The van der Waals surface area contributed by atoms with Gasteiger partial charge in [0.05, 0.1) is 0 Å². The monoisotopic (exact) mass is 246 g/mol. The molecule has 0 atom stereocenters. The van der Waals surface area contributed by atoms with Gasteiger partial charge in [0.25, 0.3) is 0 Å². The molecule has 7 heteroatoms. The van der Waals surface area contributed by atoms with Crippen LogP contribution in [0.3, 0.4) is 0 Å². The number of hydrogen-bond acceptors (Lipinski definition) is 3. The van der Waals surface area contributed by atoms with Crippen molar-refractivity contribution < 1.29 is 36.8 Å². The van der Waals surface area contributed by atoms with E-state index in [0.717, 1.165) is 0 Å². The van der Waals surface area contributed by atoms with Crippen LogP contribution in [0.25, 0.3) is 0 Å². The van der Waals surface area contributed by atoms with Crippen LogP contribution in [0, 0.1) is 9.93 Å². The van der Waals surface area contributed by atoms with E-state index in [4.69, 9.17) is 13.8 Å². The van der Waals surface area contributed by atoms with Crippen LogP contribution in [0.15, 0.2) is 0 Å². The molecule has 7 heavy (non-hydrogen) atoms. The zero-order valence-corrected chi connectivity index (χ0v) is 6.16. The van der Waals surface area contributed by atoms with E-state index in [0.29, 0.717) is 0 Å². The second kappa shape index (κ2) is 245. The fourth-order valence-corrected chi connectivity index (χ4v) is 0. The van der Waals surface area contributed by atoms with Crippen molar-refractivity contribution in [1.29, 1.82) is 0 Å². The zero-order chi connectivity index (χ0) is 4.00. The van der Waals surface area contributed by atoms with Gasteiger partial charge in [-0.3, -0.25) is 0 Å². The second-order valence-corrected chi connectivity index (χ2v) is 0. The molecule has 0 saturated heterocycles. The van der Waals surface area contributed by atoms with Crippen LogP contribution in [-0.4, -0.2) is 0 Å². The summed E-state index contributed by atoms with van der Waals surface area (Å²) < 4.78 is 7.81. The summed E-state index contributed by atoms with van der Waals surface area (Å²) in [6.45, 7) is 0. The Morgan fingerprint density at radius 3 is 0.857 bits per heavy atom. The van der Waals surface area contributed by atoms with Crippen LogP contribution in [0.1, 0.15) is 0 Å². The molecule has 0 aromatic heterocycles. The molecule has 0 aliphatic heterocycles. The fourth-order valence-electron chi connectivity index (χ4n) is 0. The van der Waals surface area contributed by atoms with Gasteiger partial charge in [-0.2, -0.15) is 0 Å². The van der Waals surface area contributed by atoms with Crippen molar-refractivity contribution in [3.05, 3.63) is 9.93 Å². The third-order valence-electron chi connectivity index (χ3n) is 0. The summed E-state index contributed by atoms with van der Waals surface area (Å²) in [5, 5.41) is 0. The van der Waals surface area contributed by atoms with Gasteiger partial charge >= 0.3 is 19.8 Å². The Kier molecular flexibility index (Phi) is 1520.